The fraction of sp³-hybridized carbons (Fsp3) is 0.900. The van der Waals surface area contributed by atoms with Gasteiger partial charge in [0.2, 0.25) is 0 Å². The summed E-state index contributed by atoms with van der Waals surface area (Å²) in [5.74, 6) is -11.0. The molecule has 0 heterocycles. The van der Waals surface area contributed by atoms with Gasteiger partial charge in [0.05, 0.1) is 6.42 Å². The first-order valence-corrected chi connectivity index (χ1v) is 5.33. The SMILES string of the molecule is CCC(C)(C(=O)OC1CC(F)(F)C1(F)F)C(F)(F)F. The molecule has 2 atom stereocenters. The summed E-state index contributed by atoms with van der Waals surface area (Å²) in [5, 5.41) is 0. The molecular formula is C10H11F7O2. The van der Waals surface area contributed by atoms with Crippen LogP contribution in [-0.4, -0.2) is 30.1 Å². The second-order valence-electron chi connectivity index (χ2n) is 4.61. The van der Waals surface area contributed by atoms with Crippen molar-refractivity contribution in [2.45, 2.75) is 50.8 Å². The van der Waals surface area contributed by atoms with E-state index in [1.807, 2.05) is 0 Å². The first-order chi connectivity index (χ1) is 8.29. The van der Waals surface area contributed by atoms with Crippen molar-refractivity contribution in [1.29, 1.82) is 0 Å². The lowest BCUT2D eigenvalue weighted by molar-refractivity contribution is -0.338. The number of ether oxygens (including phenoxy) is 1. The van der Waals surface area contributed by atoms with Crippen LogP contribution in [0.3, 0.4) is 0 Å². The van der Waals surface area contributed by atoms with Crippen molar-refractivity contribution in [3.05, 3.63) is 0 Å². The number of esters is 1. The van der Waals surface area contributed by atoms with Crippen LogP contribution >= 0.6 is 0 Å². The van der Waals surface area contributed by atoms with Crippen LogP contribution in [-0.2, 0) is 9.53 Å². The van der Waals surface area contributed by atoms with Crippen LogP contribution in [0.4, 0.5) is 30.7 Å². The molecule has 9 heteroatoms. The first-order valence-electron chi connectivity index (χ1n) is 5.33. The molecule has 0 aliphatic heterocycles. The molecule has 19 heavy (non-hydrogen) atoms. The predicted octanol–water partition coefficient (Wildman–Crippen LogP) is 3.55. The van der Waals surface area contributed by atoms with Crippen molar-refractivity contribution < 1.29 is 40.3 Å². The molecule has 0 aromatic carbocycles. The van der Waals surface area contributed by atoms with Gasteiger partial charge in [-0.1, -0.05) is 6.92 Å². The van der Waals surface area contributed by atoms with Gasteiger partial charge in [0.1, 0.15) is 0 Å². The minimum Gasteiger partial charge on any atom is -0.455 e. The minimum absolute atomic E-state index is 0.476. The molecule has 1 fully saturated rings. The van der Waals surface area contributed by atoms with Crippen molar-refractivity contribution in [3.63, 3.8) is 0 Å². The molecule has 0 bridgehead atoms. The number of hydrogen-bond donors (Lipinski definition) is 0. The van der Waals surface area contributed by atoms with Crippen LogP contribution in [0.25, 0.3) is 0 Å². The van der Waals surface area contributed by atoms with E-state index in [1.54, 1.807) is 0 Å². The van der Waals surface area contributed by atoms with Crippen LogP contribution in [0.15, 0.2) is 0 Å². The molecule has 0 saturated heterocycles. The van der Waals surface area contributed by atoms with E-state index in [-0.39, 0.29) is 0 Å². The Morgan fingerprint density at radius 1 is 1.26 bits per heavy atom. The Hall–Kier alpha value is -1.02. The zero-order valence-corrected chi connectivity index (χ0v) is 9.95. The van der Waals surface area contributed by atoms with E-state index >= 15 is 0 Å². The number of alkyl halides is 7. The molecule has 0 aromatic heterocycles. The van der Waals surface area contributed by atoms with Crippen molar-refractivity contribution in [2.75, 3.05) is 0 Å². The van der Waals surface area contributed by atoms with Crippen LogP contribution in [0.1, 0.15) is 26.7 Å². The Morgan fingerprint density at radius 2 is 1.74 bits per heavy atom. The second kappa shape index (κ2) is 4.24. The highest BCUT2D eigenvalue weighted by atomic mass is 19.4. The number of carbonyl (C=O) groups excluding carboxylic acids is 1. The van der Waals surface area contributed by atoms with Gasteiger partial charge in [-0.3, -0.25) is 4.79 Å². The number of carbonyl (C=O) groups is 1. The minimum atomic E-state index is -5.01. The molecule has 2 nitrogen and oxygen atoms in total. The number of rotatable bonds is 3. The van der Waals surface area contributed by atoms with E-state index in [0.717, 1.165) is 6.92 Å². The van der Waals surface area contributed by atoms with Gasteiger partial charge in [-0.05, 0) is 13.3 Å². The molecule has 0 amide bonds. The van der Waals surface area contributed by atoms with Gasteiger partial charge in [-0.15, -0.1) is 0 Å². The summed E-state index contributed by atoms with van der Waals surface area (Å²) >= 11 is 0. The third-order valence-corrected chi connectivity index (χ3v) is 3.37. The highest BCUT2D eigenvalue weighted by Crippen LogP contribution is 2.53. The standard InChI is InChI=1S/C10H11F7O2/c1-3-7(2,10(15,16)17)6(18)19-5-4-8(11,12)9(5,13)14/h5H,3-4H2,1-2H3. The predicted molar refractivity (Wildman–Crippen MR) is 48.8 cm³/mol. The van der Waals surface area contributed by atoms with Crippen LogP contribution < -0.4 is 0 Å². The normalized spacial score (nSPS) is 28.2. The quantitative estimate of drug-likeness (QED) is 0.588. The molecular weight excluding hydrogens is 285 g/mol. The smallest absolute Gasteiger partial charge is 0.404 e. The highest BCUT2D eigenvalue weighted by molar-refractivity contribution is 5.77. The van der Waals surface area contributed by atoms with Crippen LogP contribution in [0.5, 0.6) is 0 Å². The molecule has 1 aliphatic rings. The molecule has 1 saturated carbocycles. The Kier molecular flexibility index (Phi) is 3.58. The zero-order valence-electron chi connectivity index (χ0n) is 9.95. The van der Waals surface area contributed by atoms with Crippen molar-refractivity contribution in [2.24, 2.45) is 5.41 Å². The molecule has 0 N–H and O–H groups in total. The van der Waals surface area contributed by atoms with Gasteiger partial charge in [0, 0.05) is 0 Å². The fourth-order valence-corrected chi connectivity index (χ4v) is 1.44. The van der Waals surface area contributed by atoms with Crippen LogP contribution in [0, 0.1) is 5.41 Å². The Balaban J connectivity index is 2.83. The molecule has 1 aliphatic carbocycles. The lowest BCUT2D eigenvalue weighted by Gasteiger charge is -2.43. The summed E-state index contributed by atoms with van der Waals surface area (Å²) in [6.07, 6.45) is -9.77. The largest absolute Gasteiger partial charge is 0.455 e. The summed E-state index contributed by atoms with van der Waals surface area (Å²) in [5.41, 5.74) is -2.99. The monoisotopic (exact) mass is 296 g/mol. The lowest BCUT2D eigenvalue weighted by atomic mass is 9.83. The van der Waals surface area contributed by atoms with Crippen molar-refractivity contribution in [3.8, 4) is 0 Å². The molecule has 0 aromatic rings. The summed E-state index contributed by atoms with van der Waals surface area (Å²) in [7, 11) is 0. The fourth-order valence-electron chi connectivity index (χ4n) is 1.44. The van der Waals surface area contributed by atoms with E-state index in [2.05, 4.69) is 4.74 Å². The number of hydrogen-bond acceptors (Lipinski definition) is 2. The molecule has 0 spiro atoms. The number of halogens is 7. The van der Waals surface area contributed by atoms with E-state index < -0.39 is 48.4 Å². The van der Waals surface area contributed by atoms with Crippen molar-refractivity contribution in [1.82, 2.24) is 0 Å². The zero-order chi connectivity index (χ0) is 15.3. The maximum Gasteiger partial charge on any atom is 0.404 e. The average Bonchev–Trinajstić information content (AvgIpc) is 2.25. The Labute approximate surface area is 103 Å². The third-order valence-electron chi connectivity index (χ3n) is 3.37. The lowest BCUT2D eigenvalue weighted by Crippen LogP contribution is -2.64. The highest BCUT2D eigenvalue weighted by Gasteiger charge is 2.74. The average molecular weight is 296 g/mol. The van der Waals surface area contributed by atoms with E-state index in [1.165, 1.54) is 0 Å². The summed E-state index contributed by atoms with van der Waals surface area (Å²) < 4.78 is 92.4. The van der Waals surface area contributed by atoms with Gasteiger partial charge >= 0.3 is 24.0 Å². The van der Waals surface area contributed by atoms with Crippen LogP contribution in [0.2, 0.25) is 0 Å². The van der Waals surface area contributed by atoms with Gasteiger partial charge < -0.3 is 4.74 Å². The topological polar surface area (TPSA) is 26.3 Å². The maximum atomic E-state index is 12.8. The molecule has 2 unspecified atom stereocenters. The van der Waals surface area contributed by atoms with Gasteiger partial charge in [-0.2, -0.15) is 30.7 Å². The first kappa shape index (κ1) is 16.0. The Bertz CT molecular complexity index is 377. The second-order valence-corrected chi connectivity index (χ2v) is 4.61. The van der Waals surface area contributed by atoms with E-state index in [4.69, 9.17) is 0 Å². The Morgan fingerprint density at radius 3 is 2.00 bits per heavy atom. The maximum absolute atomic E-state index is 12.8. The summed E-state index contributed by atoms with van der Waals surface area (Å²) in [6, 6.07) is 0. The van der Waals surface area contributed by atoms with Gasteiger partial charge in [0.25, 0.3) is 0 Å². The summed E-state index contributed by atoms with van der Waals surface area (Å²) in [4.78, 5) is 11.3. The van der Waals surface area contributed by atoms with E-state index in [9.17, 15) is 35.5 Å². The van der Waals surface area contributed by atoms with Gasteiger partial charge in [0.15, 0.2) is 11.5 Å². The summed E-state index contributed by atoms with van der Waals surface area (Å²) in [6.45, 7) is 1.49. The molecule has 1 rings (SSSR count). The molecule has 0 radical (unpaired) electrons. The van der Waals surface area contributed by atoms with E-state index in [0.29, 0.717) is 6.92 Å². The molecule has 112 valence electrons. The third kappa shape index (κ3) is 2.27. The van der Waals surface area contributed by atoms with Crippen molar-refractivity contribution >= 4 is 5.97 Å². The van der Waals surface area contributed by atoms with Gasteiger partial charge in [-0.25, -0.2) is 0 Å².